The third-order valence-electron chi connectivity index (χ3n) is 2.06. The Hall–Kier alpha value is -1.67. The monoisotopic (exact) mass is 217 g/mol. The van der Waals surface area contributed by atoms with Crippen molar-refractivity contribution in [1.29, 1.82) is 0 Å². The van der Waals surface area contributed by atoms with Gasteiger partial charge in [0, 0.05) is 11.8 Å². The van der Waals surface area contributed by atoms with Crippen molar-refractivity contribution in [2.45, 2.75) is 0 Å². The van der Waals surface area contributed by atoms with Gasteiger partial charge in [0.05, 0.1) is 11.3 Å². The maximum absolute atomic E-state index is 10.8. The van der Waals surface area contributed by atoms with E-state index >= 15 is 0 Å². The maximum Gasteiger partial charge on any atom is 0.253 e. The van der Waals surface area contributed by atoms with E-state index in [-0.39, 0.29) is 0 Å². The standard InChI is InChI=1S/C12H8ClNO/c13-12(15)10-6-7-11(14-8-10)9-4-2-1-3-5-9/h1-8H. The summed E-state index contributed by atoms with van der Waals surface area (Å²) in [6, 6.07) is 13.2. The summed E-state index contributed by atoms with van der Waals surface area (Å²) < 4.78 is 0. The number of rotatable bonds is 2. The Morgan fingerprint density at radius 1 is 1.07 bits per heavy atom. The van der Waals surface area contributed by atoms with Crippen LogP contribution in [-0.2, 0) is 0 Å². The third-order valence-corrected chi connectivity index (χ3v) is 2.28. The first-order chi connectivity index (χ1) is 7.27. The van der Waals surface area contributed by atoms with Gasteiger partial charge in [0.1, 0.15) is 0 Å². The molecule has 15 heavy (non-hydrogen) atoms. The van der Waals surface area contributed by atoms with E-state index in [0.717, 1.165) is 11.3 Å². The van der Waals surface area contributed by atoms with Crippen molar-refractivity contribution in [2.75, 3.05) is 0 Å². The molecule has 0 atom stereocenters. The zero-order valence-corrected chi connectivity index (χ0v) is 8.61. The highest BCUT2D eigenvalue weighted by atomic mass is 35.5. The molecule has 0 aliphatic rings. The molecule has 2 nitrogen and oxygen atoms in total. The molecular weight excluding hydrogens is 210 g/mol. The zero-order valence-electron chi connectivity index (χ0n) is 7.85. The molecule has 74 valence electrons. The van der Waals surface area contributed by atoms with E-state index in [1.807, 2.05) is 30.3 Å². The Labute approximate surface area is 92.5 Å². The van der Waals surface area contributed by atoms with Gasteiger partial charge in [-0.05, 0) is 23.7 Å². The van der Waals surface area contributed by atoms with Crippen LogP contribution in [0.25, 0.3) is 11.3 Å². The van der Waals surface area contributed by atoms with Crippen molar-refractivity contribution in [3.63, 3.8) is 0 Å². The topological polar surface area (TPSA) is 30.0 Å². The molecule has 0 aliphatic heterocycles. The molecular formula is C12H8ClNO. The van der Waals surface area contributed by atoms with Gasteiger partial charge < -0.3 is 0 Å². The Morgan fingerprint density at radius 2 is 1.80 bits per heavy atom. The molecule has 0 N–H and O–H groups in total. The van der Waals surface area contributed by atoms with Crippen LogP contribution in [0.1, 0.15) is 10.4 Å². The average molecular weight is 218 g/mol. The van der Waals surface area contributed by atoms with Crippen molar-refractivity contribution >= 4 is 16.8 Å². The maximum atomic E-state index is 10.8. The number of benzene rings is 1. The fourth-order valence-electron chi connectivity index (χ4n) is 1.29. The van der Waals surface area contributed by atoms with E-state index in [4.69, 9.17) is 11.6 Å². The summed E-state index contributed by atoms with van der Waals surface area (Å²) in [5, 5.41) is -0.484. The van der Waals surface area contributed by atoms with Crippen LogP contribution < -0.4 is 0 Å². The summed E-state index contributed by atoms with van der Waals surface area (Å²) in [7, 11) is 0. The number of carbonyl (C=O) groups excluding carboxylic acids is 1. The molecule has 0 amide bonds. The first-order valence-electron chi connectivity index (χ1n) is 4.48. The van der Waals surface area contributed by atoms with Crippen LogP contribution in [0.3, 0.4) is 0 Å². The fourth-order valence-corrected chi connectivity index (χ4v) is 1.40. The molecule has 3 heteroatoms. The number of halogens is 1. The van der Waals surface area contributed by atoms with Crippen molar-refractivity contribution in [3.05, 3.63) is 54.2 Å². The predicted molar refractivity (Wildman–Crippen MR) is 59.9 cm³/mol. The molecule has 0 saturated carbocycles. The first kappa shape index (κ1) is 9.87. The van der Waals surface area contributed by atoms with Gasteiger partial charge in [0.2, 0.25) is 0 Å². The van der Waals surface area contributed by atoms with Crippen LogP contribution in [-0.4, -0.2) is 10.2 Å². The van der Waals surface area contributed by atoms with E-state index in [0.29, 0.717) is 5.56 Å². The molecule has 0 unspecified atom stereocenters. The summed E-state index contributed by atoms with van der Waals surface area (Å²) in [6.07, 6.45) is 1.48. The van der Waals surface area contributed by atoms with Crippen LogP contribution in [0.5, 0.6) is 0 Å². The van der Waals surface area contributed by atoms with Gasteiger partial charge >= 0.3 is 0 Å². The second-order valence-electron chi connectivity index (χ2n) is 3.07. The molecule has 1 aromatic carbocycles. The van der Waals surface area contributed by atoms with E-state index in [2.05, 4.69) is 4.98 Å². The smallest absolute Gasteiger partial charge is 0.253 e. The summed E-state index contributed by atoms with van der Waals surface area (Å²) >= 11 is 5.32. The lowest BCUT2D eigenvalue weighted by Crippen LogP contribution is -1.91. The molecule has 0 bridgehead atoms. The average Bonchev–Trinajstić information content (AvgIpc) is 2.30. The van der Waals surface area contributed by atoms with E-state index in [1.165, 1.54) is 6.20 Å². The predicted octanol–water partition coefficient (Wildman–Crippen LogP) is 3.13. The van der Waals surface area contributed by atoms with Crippen LogP contribution in [0, 0.1) is 0 Å². The fraction of sp³-hybridized carbons (Fsp3) is 0. The van der Waals surface area contributed by atoms with Gasteiger partial charge in [0.25, 0.3) is 5.24 Å². The minimum atomic E-state index is -0.484. The molecule has 1 heterocycles. The van der Waals surface area contributed by atoms with Crippen LogP contribution >= 0.6 is 11.6 Å². The van der Waals surface area contributed by atoms with Gasteiger partial charge in [-0.25, -0.2) is 0 Å². The van der Waals surface area contributed by atoms with E-state index in [9.17, 15) is 4.79 Å². The quantitative estimate of drug-likeness (QED) is 0.724. The number of nitrogens with zero attached hydrogens (tertiary/aromatic N) is 1. The largest absolute Gasteiger partial charge is 0.276 e. The first-order valence-corrected chi connectivity index (χ1v) is 4.86. The zero-order chi connectivity index (χ0) is 10.7. The lowest BCUT2D eigenvalue weighted by Gasteiger charge is -2.00. The van der Waals surface area contributed by atoms with Crippen molar-refractivity contribution < 1.29 is 4.79 Å². The summed E-state index contributed by atoms with van der Waals surface area (Å²) in [4.78, 5) is 15.0. The van der Waals surface area contributed by atoms with Crippen LogP contribution in [0.2, 0.25) is 0 Å². The van der Waals surface area contributed by atoms with Gasteiger partial charge in [-0.3, -0.25) is 9.78 Å². The molecule has 0 saturated heterocycles. The number of hydrogen-bond donors (Lipinski definition) is 0. The van der Waals surface area contributed by atoms with Crippen LogP contribution in [0.15, 0.2) is 48.7 Å². The molecule has 2 aromatic rings. The highest BCUT2D eigenvalue weighted by molar-refractivity contribution is 6.67. The Kier molecular flexibility index (Phi) is 2.79. The highest BCUT2D eigenvalue weighted by Crippen LogP contribution is 2.16. The minimum Gasteiger partial charge on any atom is -0.276 e. The molecule has 2 rings (SSSR count). The van der Waals surface area contributed by atoms with E-state index in [1.54, 1.807) is 12.1 Å². The van der Waals surface area contributed by atoms with Crippen molar-refractivity contribution in [2.24, 2.45) is 0 Å². The molecule has 0 fully saturated rings. The normalized spacial score (nSPS) is 9.93. The molecule has 1 aromatic heterocycles. The van der Waals surface area contributed by atoms with E-state index < -0.39 is 5.24 Å². The van der Waals surface area contributed by atoms with Gasteiger partial charge in [-0.15, -0.1) is 0 Å². The number of hydrogen-bond acceptors (Lipinski definition) is 2. The summed E-state index contributed by atoms with van der Waals surface area (Å²) in [5.41, 5.74) is 2.26. The lowest BCUT2D eigenvalue weighted by molar-refractivity contribution is 0.108. The van der Waals surface area contributed by atoms with Crippen molar-refractivity contribution in [3.8, 4) is 11.3 Å². The van der Waals surface area contributed by atoms with Gasteiger partial charge in [0.15, 0.2) is 0 Å². The highest BCUT2D eigenvalue weighted by Gasteiger charge is 2.02. The SMILES string of the molecule is O=C(Cl)c1ccc(-c2ccccc2)nc1. The third kappa shape index (κ3) is 2.22. The summed E-state index contributed by atoms with van der Waals surface area (Å²) in [5.74, 6) is 0. The molecule has 0 aliphatic carbocycles. The molecule has 0 spiro atoms. The van der Waals surface area contributed by atoms with Gasteiger partial charge in [-0.1, -0.05) is 30.3 Å². The Morgan fingerprint density at radius 3 is 2.33 bits per heavy atom. The van der Waals surface area contributed by atoms with Crippen LogP contribution in [0.4, 0.5) is 0 Å². The molecule has 0 radical (unpaired) electrons. The Bertz CT molecular complexity index is 465. The minimum absolute atomic E-state index is 0.413. The second-order valence-corrected chi connectivity index (χ2v) is 3.42. The van der Waals surface area contributed by atoms with Gasteiger partial charge in [-0.2, -0.15) is 0 Å². The lowest BCUT2D eigenvalue weighted by atomic mass is 10.1. The summed E-state index contributed by atoms with van der Waals surface area (Å²) in [6.45, 7) is 0. The second kappa shape index (κ2) is 4.24. The Balaban J connectivity index is 2.36. The number of aromatic nitrogens is 1. The van der Waals surface area contributed by atoms with Crippen molar-refractivity contribution in [1.82, 2.24) is 4.98 Å². The number of carbonyl (C=O) groups is 1. The number of pyridine rings is 1.